The fourth-order valence-electron chi connectivity index (χ4n) is 3.01. The number of nitrogens with one attached hydrogen (secondary N) is 1. The SMILES string of the molecule is O=C1CC(c2cccc(F)c2F)c2cnn(Cc3ccco3)c2N1. The number of carbonyl (C=O) groups is 1. The number of nitrogens with zero attached hydrogens (tertiary/aromatic N) is 2. The van der Waals surface area contributed by atoms with Crippen molar-refractivity contribution in [1.29, 1.82) is 0 Å². The quantitative estimate of drug-likeness (QED) is 0.802. The zero-order valence-corrected chi connectivity index (χ0v) is 12.5. The molecule has 0 aliphatic carbocycles. The molecular weight excluding hydrogens is 316 g/mol. The summed E-state index contributed by atoms with van der Waals surface area (Å²) in [5, 5.41) is 7.02. The number of furan rings is 1. The summed E-state index contributed by atoms with van der Waals surface area (Å²) in [4.78, 5) is 12.1. The van der Waals surface area contributed by atoms with Gasteiger partial charge in [-0.3, -0.25) is 4.79 Å². The maximum Gasteiger partial charge on any atom is 0.226 e. The first-order chi connectivity index (χ1) is 11.6. The van der Waals surface area contributed by atoms with Crippen LogP contribution >= 0.6 is 0 Å². The Morgan fingerprint density at radius 3 is 2.92 bits per heavy atom. The molecule has 0 saturated carbocycles. The molecule has 2 aromatic heterocycles. The van der Waals surface area contributed by atoms with Crippen LogP contribution in [0.2, 0.25) is 0 Å². The molecule has 4 rings (SSSR count). The Hall–Kier alpha value is -2.96. The molecule has 0 fully saturated rings. The van der Waals surface area contributed by atoms with Crippen molar-refractivity contribution in [3.8, 4) is 0 Å². The van der Waals surface area contributed by atoms with Crippen LogP contribution in [0.25, 0.3) is 0 Å². The number of anilines is 1. The Kier molecular flexibility index (Phi) is 3.41. The van der Waals surface area contributed by atoms with Gasteiger partial charge in [-0.15, -0.1) is 0 Å². The Bertz CT molecular complexity index is 903. The van der Waals surface area contributed by atoms with Crippen LogP contribution in [0, 0.1) is 11.6 Å². The highest BCUT2D eigenvalue weighted by atomic mass is 19.2. The minimum Gasteiger partial charge on any atom is -0.467 e. The third kappa shape index (κ3) is 2.38. The molecule has 3 aromatic rings. The summed E-state index contributed by atoms with van der Waals surface area (Å²) in [6.45, 7) is 0.334. The van der Waals surface area contributed by atoms with E-state index in [1.165, 1.54) is 12.1 Å². The molecule has 1 amide bonds. The van der Waals surface area contributed by atoms with Gasteiger partial charge in [0.15, 0.2) is 11.6 Å². The highest BCUT2D eigenvalue weighted by Crippen LogP contribution is 2.38. The van der Waals surface area contributed by atoms with Gasteiger partial charge >= 0.3 is 0 Å². The van der Waals surface area contributed by atoms with Crippen LogP contribution in [0.4, 0.5) is 14.6 Å². The van der Waals surface area contributed by atoms with Crippen molar-refractivity contribution in [2.75, 3.05) is 5.32 Å². The largest absolute Gasteiger partial charge is 0.467 e. The van der Waals surface area contributed by atoms with Gasteiger partial charge in [0.2, 0.25) is 5.91 Å². The molecule has 122 valence electrons. The van der Waals surface area contributed by atoms with E-state index in [4.69, 9.17) is 4.42 Å². The normalized spacial score (nSPS) is 16.8. The van der Waals surface area contributed by atoms with E-state index < -0.39 is 17.6 Å². The number of rotatable bonds is 3. The van der Waals surface area contributed by atoms with Gasteiger partial charge in [-0.2, -0.15) is 5.10 Å². The molecular formula is C17H13F2N3O2. The molecule has 1 aliphatic rings. The first-order valence-corrected chi connectivity index (χ1v) is 7.45. The van der Waals surface area contributed by atoms with Crippen LogP contribution in [-0.2, 0) is 11.3 Å². The van der Waals surface area contributed by atoms with Gasteiger partial charge in [0.1, 0.15) is 18.1 Å². The average molecular weight is 329 g/mol. The number of carbonyl (C=O) groups excluding carboxylic acids is 1. The van der Waals surface area contributed by atoms with Gasteiger partial charge in [-0.1, -0.05) is 12.1 Å². The first kappa shape index (κ1) is 14.6. The summed E-state index contributed by atoms with van der Waals surface area (Å²) < 4.78 is 34.6. The number of fused-ring (bicyclic) bond motifs is 1. The number of amides is 1. The first-order valence-electron chi connectivity index (χ1n) is 7.45. The zero-order valence-electron chi connectivity index (χ0n) is 12.5. The molecule has 3 heterocycles. The van der Waals surface area contributed by atoms with Crippen molar-refractivity contribution >= 4 is 11.7 Å². The van der Waals surface area contributed by atoms with Crippen LogP contribution in [-0.4, -0.2) is 15.7 Å². The Balaban J connectivity index is 1.77. The highest BCUT2D eigenvalue weighted by molar-refractivity contribution is 5.94. The van der Waals surface area contributed by atoms with Crippen molar-refractivity contribution in [3.63, 3.8) is 0 Å². The molecule has 1 atom stereocenters. The summed E-state index contributed by atoms with van der Waals surface area (Å²) in [6.07, 6.45) is 3.17. The topological polar surface area (TPSA) is 60.1 Å². The minimum absolute atomic E-state index is 0.0415. The van der Waals surface area contributed by atoms with Gasteiger partial charge in [0.05, 0.1) is 12.5 Å². The summed E-state index contributed by atoms with van der Waals surface area (Å²) in [6, 6.07) is 7.54. The predicted molar refractivity (Wildman–Crippen MR) is 81.5 cm³/mol. The maximum atomic E-state index is 14.2. The molecule has 0 bridgehead atoms. The van der Waals surface area contributed by atoms with E-state index in [1.807, 2.05) is 0 Å². The lowest BCUT2D eigenvalue weighted by Crippen LogP contribution is -2.25. The second-order valence-corrected chi connectivity index (χ2v) is 5.63. The number of hydrogen-bond acceptors (Lipinski definition) is 3. The average Bonchev–Trinajstić information content (AvgIpc) is 3.20. The Labute approximate surface area is 135 Å². The summed E-state index contributed by atoms with van der Waals surface area (Å²) in [7, 11) is 0. The summed E-state index contributed by atoms with van der Waals surface area (Å²) in [5.74, 6) is -1.54. The van der Waals surface area contributed by atoms with Gasteiger partial charge in [-0.25, -0.2) is 13.5 Å². The Morgan fingerprint density at radius 2 is 2.12 bits per heavy atom. The van der Waals surface area contributed by atoms with Gasteiger partial charge in [-0.05, 0) is 23.8 Å². The van der Waals surface area contributed by atoms with Crippen LogP contribution in [0.3, 0.4) is 0 Å². The lowest BCUT2D eigenvalue weighted by molar-refractivity contribution is -0.116. The molecule has 1 N–H and O–H groups in total. The zero-order chi connectivity index (χ0) is 16.7. The smallest absolute Gasteiger partial charge is 0.226 e. The van der Waals surface area contributed by atoms with Crippen LogP contribution < -0.4 is 5.32 Å². The number of benzene rings is 1. The van der Waals surface area contributed by atoms with Crippen LogP contribution in [0.1, 0.15) is 29.2 Å². The molecule has 0 spiro atoms. The monoisotopic (exact) mass is 329 g/mol. The fourth-order valence-corrected chi connectivity index (χ4v) is 3.01. The standard InChI is InChI=1S/C17H13F2N3O2/c18-14-5-1-4-11(16(14)19)12-7-15(23)21-17-13(12)8-20-22(17)9-10-3-2-6-24-10/h1-6,8,12H,7,9H2,(H,21,23). The number of aromatic nitrogens is 2. The highest BCUT2D eigenvalue weighted by Gasteiger charge is 2.32. The molecule has 1 unspecified atom stereocenters. The summed E-state index contributed by atoms with van der Waals surface area (Å²) >= 11 is 0. The minimum atomic E-state index is -0.929. The molecule has 24 heavy (non-hydrogen) atoms. The van der Waals surface area contributed by atoms with E-state index in [0.29, 0.717) is 23.7 Å². The summed E-state index contributed by atoms with van der Waals surface area (Å²) in [5.41, 5.74) is 0.814. The predicted octanol–water partition coefficient (Wildman–Crippen LogP) is 3.28. The molecule has 7 heteroatoms. The molecule has 5 nitrogen and oxygen atoms in total. The lowest BCUT2D eigenvalue weighted by atomic mass is 9.87. The fraction of sp³-hybridized carbons (Fsp3) is 0.176. The van der Waals surface area contributed by atoms with Crippen LogP contribution in [0.5, 0.6) is 0 Å². The van der Waals surface area contributed by atoms with E-state index in [-0.39, 0.29) is 17.9 Å². The second-order valence-electron chi connectivity index (χ2n) is 5.63. The Morgan fingerprint density at radius 1 is 1.25 bits per heavy atom. The molecule has 0 radical (unpaired) electrons. The third-order valence-electron chi connectivity index (χ3n) is 4.13. The van der Waals surface area contributed by atoms with E-state index in [1.54, 1.807) is 29.3 Å². The van der Waals surface area contributed by atoms with Crippen molar-refractivity contribution < 1.29 is 18.0 Å². The van der Waals surface area contributed by atoms with E-state index in [2.05, 4.69) is 10.4 Å². The number of halogens is 2. The lowest BCUT2D eigenvalue weighted by Gasteiger charge is -2.24. The second kappa shape index (κ2) is 5.59. The van der Waals surface area contributed by atoms with E-state index in [9.17, 15) is 13.6 Å². The number of hydrogen-bond donors (Lipinski definition) is 1. The van der Waals surface area contributed by atoms with Gasteiger partial charge in [0, 0.05) is 17.9 Å². The van der Waals surface area contributed by atoms with E-state index >= 15 is 0 Å². The van der Waals surface area contributed by atoms with Crippen LogP contribution in [0.15, 0.2) is 47.2 Å². The van der Waals surface area contributed by atoms with Crippen molar-refractivity contribution in [2.24, 2.45) is 0 Å². The van der Waals surface area contributed by atoms with Crippen molar-refractivity contribution in [3.05, 3.63) is 71.3 Å². The van der Waals surface area contributed by atoms with Crippen molar-refractivity contribution in [1.82, 2.24) is 9.78 Å². The third-order valence-corrected chi connectivity index (χ3v) is 4.13. The molecule has 1 aromatic carbocycles. The van der Waals surface area contributed by atoms with Gasteiger partial charge < -0.3 is 9.73 Å². The van der Waals surface area contributed by atoms with E-state index in [0.717, 1.165) is 6.07 Å². The van der Waals surface area contributed by atoms with Gasteiger partial charge in [0.25, 0.3) is 0 Å². The van der Waals surface area contributed by atoms with Crippen molar-refractivity contribution in [2.45, 2.75) is 18.9 Å². The maximum absolute atomic E-state index is 14.2. The molecule has 1 aliphatic heterocycles. The molecule has 0 saturated heterocycles.